The number of para-hydroxylation sites is 1. The second kappa shape index (κ2) is 9.54. The molecule has 0 saturated heterocycles. The Hall–Kier alpha value is -2.90. The van der Waals surface area contributed by atoms with Gasteiger partial charge in [0.05, 0.1) is 26.5 Å². The van der Waals surface area contributed by atoms with Crippen LogP contribution in [0.2, 0.25) is 0 Å². The summed E-state index contributed by atoms with van der Waals surface area (Å²) in [6.07, 6.45) is 0. The molecule has 0 atom stereocenters. The number of carbonyl (C=O) groups is 1. The molecule has 0 bridgehead atoms. The molecular weight excluding hydrogens is 386 g/mol. The molecule has 1 N–H and O–H groups in total. The van der Waals surface area contributed by atoms with Crippen molar-refractivity contribution in [2.75, 3.05) is 33.1 Å². The summed E-state index contributed by atoms with van der Waals surface area (Å²) in [4.78, 5) is 18.9. The Morgan fingerprint density at radius 2 is 1.90 bits per heavy atom. The van der Waals surface area contributed by atoms with Crippen LogP contribution in [-0.4, -0.2) is 43.6 Å². The number of hydrogen-bond acceptors (Lipinski definition) is 6. The summed E-state index contributed by atoms with van der Waals surface area (Å²) in [6, 6.07) is 13.9. The molecular formula is C22H25N3O3S. The van der Waals surface area contributed by atoms with Crippen molar-refractivity contribution in [3.63, 3.8) is 0 Å². The van der Waals surface area contributed by atoms with Gasteiger partial charge in [0.25, 0.3) is 0 Å². The van der Waals surface area contributed by atoms with Crippen LogP contribution < -0.4 is 14.8 Å². The second-order valence-corrected chi connectivity index (χ2v) is 7.64. The number of likely N-dealkylation sites (N-methyl/N-ethyl adjacent to an activating group) is 1. The van der Waals surface area contributed by atoms with Gasteiger partial charge in [-0.2, -0.15) is 0 Å². The van der Waals surface area contributed by atoms with E-state index in [2.05, 4.69) is 22.4 Å². The number of nitrogens with one attached hydrogen (secondary N) is 1. The van der Waals surface area contributed by atoms with Gasteiger partial charge in [-0.3, -0.25) is 9.69 Å². The minimum Gasteiger partial charge on any atom is -0.493 e. The standard InChI is InChI=1S/C22H25N3O3S/c1-15-8-10-16(11-9-15)18-14-29-22(23-18)24-20(26)13-25(2)12-17-6-5-7-19(27-3)21(17)28-4/h5-11,14H,12-13H2,1-4H3,(H,23,24,26). The highest BCUT2D eigenvalue weighted by Crippen LogP contribution is 2.31. The number of carbonyl (C=O) groups excluding carboxylic acids is 1. The van der Waals surface area contributed by atoms with Gasteiger partial charge in [-0.15, -0.1) is 11.3 Å². The summed E-state index contributed by atoms with van der Waals surface area (Å²) in [5.41, 5.74) is 4.06. The summed E-state index contributed by atoms with van der Waals surface area (Å²) in [5, 5.41) is 5.43. The molecule has 7 heteroatoms. The van der Waals surface area contributed by atoms with Gasteiger partial charge in [-0.25, -0.2) is 4.98 Å². The van der Waals surface area contributed by atoms with E-state index in [9.17, 15) is 4.79 Å². The van der Waals surface area contributed by atoms with Crippen LogP contribution in [0.4, 0.5) is 5.13 Å². The van der Waals surface area contributed by atoms with E-state index in [1.165, 1.54) is 16.9 Å². The first-order chi connectivity index (χ1) is 14.0. The monoisotopic (exact) mass is 411 g/mol. The minimum absolute atomic E-state index is 0.112. The molecule has 0 saturated carbocycles. The molecule has 0 radical (unpaired) electrons. The number of anilines is 1. The Bertz CT molecular complexity index is 970. The van der Waals surface area contributed by atoms with Crippen LogP contribution in [0.15, 0.2) is 47.8 Å². The average molecular weight is 412 g/mol. The first-order valence-corrected chi connectivity index (χ1v) is 10.1. The second-order valence-electron chi connectivity index (χ2n) is 6.78. The molecule has 1 amide bonds. The van der Waals surface area contributed by atoms with Crippen molar-refractivity contribution in [3.8, 4) is 22.8 Å². The number of hydrogen-bond donors (Lipinski definition) is 1. The Morgan fingerprint density at radius 3 is 2.59 bits per heavy atom. The van der Waals surface area contributed by atoms with E-state index >= 15 is 0 Å². The number of methoxy groups -OCH3 is 2. The van der Waals surface area contributed by atoms with Gasteiger partial charge < -0.3 is 14.8 Å². The lowest BCUT2D eigenvalue weighted by Crippen LogP contribution is -2.30. The molecule has 29 heavy (non-hydrogen) atoms. The summed E-state index contributed by atoms with van der Waals surface area (Å²) in [5.74, 6) is 1.25. The van der Waals surface area contributed by atoms with Crippen LogP contribution in [0.5, 0.6) is 11.5 Å². The number of benzene rings is 2. The quantitative estimate of drug-likeness (QED) is 0.602. The smallest absolute Gasteiger partial charge is 0.240 e. The topological polar surface area (TPSA) is 63.7 Å². The third-order valence-corrected chi connectivity index (χ3v) is 5.19. The van der Waals surface area contributed by atoms with Gasteiger partial charge in [0.15, 0.2) is 16.6 Å². The maximum atomic E-state index is 12.4. The molecule has 1 heterocycles. The fourth-order valence-corrected chi connectivity index (χ4v) is 3.75. The Kier molecular flexibility index (Phi) is 6.85. The predicted octanol–water partition coefficient (Wildman–Crippen LogP) is 4.21. The number of nitrogens with zero attached hydrogens (tertiary/aromatic N) is 2. The molecule has 0 fully saturated rings. The van der Waals surface area contributed by atoms with Gasteiger partial charge in [0.2, 0.25) is 5.91 Å². The van der Waals surface area contributed by atoms with Gasteiger partial charge >= 0.3 is 0 Å². The number of aromatic nitrogens is 1. The Labute approximate surface area is 175 Å². The zero-order valence-electron chi connectivity index (χ0n) is 17.1. The molecule has 3 aromatic rings. The molecule has 0 aliphatic heterocycles. The van der Waals surface area contributed by atoms with E-state index in [4.69, 9.17) is 9.47 Å². The Balaban J connectivity index is 1.59. The third-order valence-electron chi connectivity index (χ3n) is 4.44. The molecule has 3 rings (SSSR count). The molecule has 0 spiro atoms. The van der Waals surface area contributed by atoms with Gasteiger partial charge in [0, 0.05) is 23.1 Å². The van der Waals surface area contributed by atoms with Crippen LogP contribution in [0.3, 0.4) is 0 Å². The van der Waals surface area contributed by atoms with Crippen molar-refractivity contribution < 1.29 is 14.3 Å². The molecule has 0 unspecified atom stereocenters. The van der Waals surface area contributed by atoms with Gasteiger partial charge in [-0.05, 0) is 20.0 Å². The maximum absolute atomic E-state index is 12.4. The molecule has 152 valence electrons. The van der Waals surface area contributed by atoms with Gasteiger partial charge in [0.1, 0.15) is 0 Å². The van der Waals surface area contributed by atoms with E-state index in [0.29, 0.717) is 23.2 Å². The largest absolute Gasteiger partial charge is 0.493 e. The highest BCUT2D eigenvalue weighted by Gasteiger charge is 2.14. The van der Waals surface area contributed by atoms with Crippen LogP contribution >= 0.6 is 11.3 Å². The van der Waals surface area contributed by atoms with E-state index in [0.717, 1.165) is 16.8 Å². The summed E-state index contributed by atoms with van der Waals surface area (Å²) in [6.45, 7) is 2.84. The van der Waals surface area contributed by atoms with Crippen molar-refractivity contribution in [1.29, 1.82) is 0 Å². The lowest BCUT2D eigenvalue weighted by molar-refractivity contribution is -0.117. The fourth-order valence-electron chi connectivity index (χ4n) is 3.02. The third kappa shape index (κ3) is 5.34. The molecule has 6 nitrogen and oxygen atoms in total. The zero-order valence-corrected chi connectivity index (χ0v) is 17.9. The van der Waals surface area contributed by atoms with Crippen LogP contribution in [-0.2, 0) is 11.3 Å². The van der Waals surface area contributed by atoms with Crippen molar-refractivity contribution in [1.82, 2.24) is 9.88 Å². The van der Waals surface area contributed by atoms with Gasteiger partial charge in [-0.1, -0.05) is 42.0 Å². The summed E-state index contributed by atoms with van der Waals surface area (Å²) in [7, 11) is 5.11. The van der Waals surface area contributed by atoms with Crippen molar-refractivity contribution in [2.45, 2.75) is 13.5 Å². The van der Waals surface area contributed by atoms with Crippen molar-refractivity contribution in [2.24, 2.45) is 0 Å². The Morgan fingerprint density at radius 1 is 1.14 bits per heavy atom. The highest BCUT2D eigenvalue weighted by atomic mass is 32.1. The molecule has 0 aliphatic rings. The normalized spacial score (nSPS) is 10.8. The first kappa shape index (κ1) is 20.8. The van der Waals surface area contributed by atoms with Crippen molar-refractivity contribution in [3.05, 3.63) is 59.0 Å². The SMILES string of the molecule is COc1cccc(CN(C)CC(=O)Nc2nc(-c3ccc(C)cc3)cs2)c1OC. The molecule has 1 aromatic heterocycles. The molecule has 0 aliphatic carbocycles. The summed E-state index contributed by atoms with van der Waals surface area (Å²) >= 11 is 1.42. The number of thiazole rings is 1. The number of amides is 1. The minimum atomic E-state index is -0.112. The first-order valence-electron chi connectivity index (χ1n) is 9.21. The van der Waals surface area contributed by atoms with Crippen LogP contribution in [0, 0.1) is 6.92 Å². The predicted molar refractivity (Wildman–Crippen MR) is 117 cm³/mol. The maximum Gasteiger partial charge on any atom is 0.240 e. The average Bonchev–Trinajstić information content (AvgIpc) is 3.16. The fraction of sp³-hybridized carbons (Fsp3) is 0.273. The number of rotatable bonds is 8. The lowest BCUT2D eigenvalue weighted by Gasteiger charge is -2.19. The van der Waals surface area contributed by atoms with E-state index in [-0.39, 0.29) is 12.5 Å². The summed E-state index contributed by atoms with van der Waals surface area (Å²) < 4.78 is 10.8. The van der Waals surface area contributed by atoms with E-state index in [1.807, 2.05) is 54.6 Å². The lowest BCUT2D eigenvalue weighted by atomic mass is 10.1. The number of aryl methyl sites for hydroxylation is 1. The van der Waals surface area contributed by atoms with E-state index < -0.39 is 0 Å². The highest BCUT2D eigenvalue weighted by molar-refractivity contribution is 7.14. The van der Waals surface area contributed by atoms with Crippen LogP contribution in [0.1, 0.15) is 11.1 Å². The van der Waals surface area contributed by atoms with Crippen molar-refractivity contribution >= 4 is 22.4 Å². The van der Waals surface area contributed by atoms with E-state index in [1.54, 1.807) is 14.2 Å². The number of ether oxygens (including phenoxy) is 2. The molecule has 2 aromatic carbocycles. The zero-order chi connectivity index (χ0) is 20.8. The van der Waals surface area contributed by atoms with Crippen LogP contribution in [0.25, 0.3) is 11.3 Å².